The molecule has 1 saturated carbocycles. The summed E-state index contributed by atoms with van der Waals surface area (Å²) in [4.78, 5) is 2.51. The lowest BCUT2D eigenvalue weighted by atomic mass is 9.78. The van der Waals surface area contributed by atoms with Crippen molar-refractivity contribution in [3.05, 3.63) is 3.92 Å². The molecule has 0 bridgehead atoms. The number of hydrogen-bond acceptors (Lipinski definition) is 4. The Morgan fingerprint density at radius 1 is 1.12 bits per heavy atom. The second-order valence-electron chi connectivity index (χ2n) is 4.79. The first-order valence-electron chi connectivity index (χ1n) is 6.10. The van der Waals surface area contributed by atoms with E-state index in [1.807, 2.05) is 0 Å². The molecular weight excluding hydrogens is 286 g/mol. The molecule has 2 aliphatic rings. The van der Waals surface area contributed by atoms with Crippen molar-refractivity contribution in [2.24, 2.45) is 5.92 Å². The zero-order valence-corrected chi connectivity index (χ0v) is 11.6. The third kappa shape index (κ3) is 1.99. The number of piperidine rings is 1. The highest BCUT2D eigenvalue weighted by atomic mass is 79.9. The van der Waals surface area contributed by atoms with Gasteiger partial charge >= 0.3 is 0 Å². The van der Waals surface area contributed by atoms with Crippen molar-refractivity contribution in [1.29, 1.82) is 0 Å². The monoisotopic (exact) mass is 301 g/mol. The van der Waals surface area contributed by atoms with Gasteiger partial charge in [0.1, 0.15) is 0 Å². The lowest BCUT2D eigenvalue weighted by molar-refractivity contribution is 0.243. The fourth-order valence-corrected chi connectivity index (χ4v) is 4.35. The van der Waals surface area contributed by atoms with Crippen LogP contribution in [0.3, 0.4) is 0 Å². The van der Waals surface area contributed by atoms with Crippen LogP contribution in [-0.4, -0.2) is 22.8 Å². The van der Waals surface area contributed by atoms with Crippen LogP contribution in [0.15, 0.2) is 3.92 Å². The number of fused-ring (bicyclic) bond motifs is 1. The number of nitrogens with zero attached hydrogens (tertiary/aromatic N) is 3. The Labute approximate surface area is 108 Å². The third-order valence-corrected chi connectivity index (χ3v) is 5.27. The van der Waals surface area contributed by atoms with Crippen LogP contribution in [0.2, 0.25) is 0 Å². The molecule has 1 aliphatic carbocycles. The number of hydrogen-bond donors (Lipinski definition) is 0. The highest BCUT2D eigenvalue weighted by molar-refractivity contribution is 9.11. The SMILES string of the molecule is Brc1nnc(N2CCCC3CCCCC32)s1. The minimum Gasteiger partial charge on any atom is -0.343 e. The second kappa shape index (κ2) is 4.61. The van der Waals surface area contributed by atoms with Crippen molar-refractivity contribution in [3.63, 3.8) is 0 Å². The summed E-state index contributed by atoms with van der Waals surface area (Å²) < 4.78 is 0.903. The Hall–Kier alpha value is -0.160. The predicted molar refractivity (Wildman–Crippen MR) is 69.9 cm³/mol. The van der Waals surface area contributed by atoms with Gasteiger partial charge in [0.15, 0.2) is 3.92 Å². The van der Waals surface area contributed by atoms with Crippen LogP contribution in [0.5, 0.6) is 0 Å². The van der Waals surface area contributed by atoms with E-state index in [4.69, 9.17) is 0 Å². The molecule has 1 saturated heterocycles. The Morgan fingerprint density at radius 3 is 2.75 bits per heavy atom. The summed E-state index contributed by atoms with van der Waals surface area (Å²) in [5, 5.41) is 9.47. The molecule has 2 atom stereocenters. The van der Waals surface area contributed by atoms with Crippen LogP contribution in [0.1, 0.15) is 38.5 Å². The minimum atomic E-state index is 0.738. The van der Waals surface area contributed by atoms with Gasteiger partial charge in [0, 0.05) is 12.6 Å². The average molecular weight is 302 g/mol. The molecule has 2 unspecified atom stereocenters. The highest BCUT2D eigenvalue weighted by Crippen LogP contribution is 2.38. The Bertz CT molecular complexity index is 366. The van der Waals surface area contributed by atoms with Crippen molar-refractivity contribution in [1.82, 2.24) is 10.2 Å². The molecule has 1 aliphatic heterocycles. The number of rotatable bonds is 1. The van der Waals surface area contributed by atoms with Crippen LogP contribution >= 0.6 is 27.3 Å². The molecule has 3 nitrogen and oxygen atoms in total. The van der Waals surface area contributed by atoms with E-state index in [0.717, 1.165) is 21.0 Å². The zero-order valence-electron chi connectivity index (χ0n) is 9.23. The normalized spacial score (nSPS) is 30.2. The van der Waals surface area contributed by atoms with Gasteiger partial charge in [0.2, 0.25) is 5.13 Å². The Balaban J connectivity index is 1.82. The summed E-state index contributed by atoms with van der Waals surface area (Å²) in [6.45, 7) is 1.17. The maximum Gasteiger partial charge on any atom is 0.209 e. The summed E-state index contributed by atoms with van der Waals surface area (Å²) in [5.74, 6) is 0.908. The van der Waals surface area contributed by atoms with E-state index in [0.29, 0.717) is 0 Å². The molecule has 2 fully saturated rings. The quantitative estimate of drug-likeness (QED) is 0.795. The third-order valence-electron chi connectivity index (χ3n) is 3.88. The molecule has 0 aromatic carbocycles. The van der Waals surface area contributed by atoms with E-state index in [2.05, 4.69) is 31.0 Å². The molecule has 5 heteroatoms. The molecule has 16 heavy (non-hydrogen) atoms. The standard InChI is InChI=1S/C11H16BrN3S/c12-10-13-14-11(16-10)15-7-3-5-8-4-1-2-6-9(8)15/h8-9H,1-7H2. The first-order chi connectivity index (χ1) is 7.84. The minimum absolute atomic E-state index is 0.738. The van der Waals surface area contributed by atoms with E-state index in [-0.39, 0.29) is 0 Å². The second-order valence-corrected chi connectivity index (χ2v) is 7.02. The Kier molecular flexibility index (Phi) is 3.16. The molecule has 88 valence electrons. The fourth-order valence-electron chi connectivity index (χ4n) is 3.18. The maximum atomic E-state index is 4.28. The summed E-state index contributed by atoms with van der Waals surface area (Å²) in [6.07, 6.45) is 8.31. The number of anilines is 1. The van der Waals surface area contributed by atoms with Gasteiger partial charge in [0.05, 0.1) is 0 Å². The first kappa shape index (κ1) is 11.0. The first-order valence-corrected chi connectivity index (χ1v) is 7.71. The van der Waals surface area contributed by atoms with E-state index in [1.165, 1.54) is 45.1 Å². The summed E-state index contributed by atoms with van der Waals surface area (Å²) in [6, 6.07) is 0.738. The molecule has 1 aromatic heterocycles. The van der Waals surface area contributed by atoms with Crippen LogP contribution in [0.4, 0.5) is 5.13 Å². The molecule has 0 spiro atoms. The molecule has 0 radical (unpaired) electrons. The van der Waals surface area contributed by atoms with Crippen molar-refractivity contribution in [2.45, 2.75) is 44.6 Å². The van der Waals surface area contributed by atoms with Gasteiger partial charge in [-0.1, -0.05) is 24.2 Å². The molecule has 3 rings (SSSR count). The molecule has 0 N–H and O–H groups in total. The van der Waals surface area contributed by atoms with Gasteiger partial charge in [-0.25, -0.2) is 0 Å². The van der Waals surface area contributed by atoms with E-state index in [9.17, 15) is 0 Å². The van der Waals surface area contributed by atoms with E-state index >= 15 is 0 Å². The number of aromatic nitrogens is 2. The van der Waals surface area contributed by atoms with E-state index < -0.39 is 0 Å². The summed E-state index contributed by atoms with van der Waals surface area (Å²) in [5.41, 5.74) is 0. The van der Waals surface area contributed by atoms with Gasteiger partial charge in [-0.3, -0.25) is 0 Å². The molecular formula is C11H16BrN3S. The van der Waals surface area contributed by atoms with Crippen molar-refractivity contribution >= 4 is 32.4 Å². The van der Waals surface area contributed by atoms with Crippen molar-refractivity contribution < 1.29 is 0 Å². The lowest BCUT2D eigenvalue weighted by Crippen LogP contribution is -2.46. The molecule has 0 amide bonds. The van der Waals surface area contributed by atoms with Crippen molar-refractivity contribution in [3.8, 4) is 0 Å². The van der Waals surface area contributed by atoms with Crippen LogP contribution < -0.4 is 4.90 Å². The lowest BCUT2D eigenvalue weighted by Gasteiger charge is -2.43. The average Bonchev–Trinajstić information content (AvgIpc) is 2.75. The van der Waals surface area contributed by atoms with Crippen molar-refractivity contribution in [2.75, 3.05) is 11.4 Å². The van der Waals surface area contributed by atoms with E-state index in [1.54, 1.807) is 11.3 Å². The van der Waals surface area contributed by atoms with Crippen LogP contribution in [0, 0.1) is 5.92 Å². The van der Waals surface area contributed by atoms with Gasteiger partial charge in [0.25, 0.3) is 0 Å². The van der Waals surface area contributed by atoms with Gasteiger partial charge in [-0.15, -0.1) is 10.2 Å². The summed E-state index contributed by atoms with van der Waals surface area (Å²) >= 11 is 5.08. The maximum absolute atomic E-state index is 4.28. The smallest absolute Gasteiger partial charge is 0.209 e. The largest absolute Gasteiger partial charge is 0.343 e. The highest BCUT2D eigenvalue weighted by Gasteiger charge is 2.34. The zero-order chi connectivity index (χ0) is 11.0. The van der Waals surface area contributed by atoms with Gasteiger partial charge in [-0.05, 0) is 47.5 Å². The molecule has 2 heterocycles. The van der Waals surface area contributed by atoms with Gasteiger partial charge in [-0.2, -0.15) is 0 Å². The Morgan fingerprint density at radius 2 is 1.94 bits per heavy atom. The number of halogens is 1. The molecule has 1 aromatic rings. The topological polar surface area (TPSA) is 29.0 Å². The van der Waals surface area contributed by atoms with Gasteiger partial charge < -0.3 is 4.90 Å². The van der Waals surface area contributed by atoms with Crippen LogP contribution in [0.25, 0.3) is 0 Å². The summed E-state index contributed by atoms with van der Waals surface area (Å²) in [7, 11) is 0. The fraction of sp³-hybridized carbons (Fsp3) is 0.818. The van der Waals surface area contributed by atoms with Crippen LogP contribution in [-0.2, 0) is 0 Å². The predicted octanol–water partition coefficient (Wildman–Crippen LogP) is 3.46.